The molecule has 0 aromatic rings. The number of nitrogens with zero attached hydrogens (tertiary/aromatic N) is 2. The zero-order valence-electron chi connectivity index (χ0n) is 22.9. The third-order valence-electron chi connectivity index (χ3n) is 4.74. The van der Waals surface area contributed by atoms with E-state index in [1.807, 2.05) is 0 Å². The molecule has 0 heterocycles. The number of unbranched alkanes of at least 4 members (excludes halogenated alkanes) is 1. The van der Waals surface area contributed by atoms with Crippen molar-refractivity contribution in [1.82, 2.24) is 0 Å². The minimum absolute atomic E-state index is 0.0158. The summed E-state index contributed by atoms with van der Waals surface area (Å²) in [6.45, 7) is 6.92. The van der Waals surface area contributed by atoms with Crippen molar-refractivity contribution >= 4 is 24.0 Å². The Morgan fingerprint density at radius 3 is 1.93 bits per heavy atom. The maximum atomic E-state index is 12.0. The molecule has 0 aliphatic carbocycles. The number of carbonyl (C=O) groups excluding carboxylic acids is 4. The van der Waals surface area contributed by atoms with Crippen LogP contribution in [0, 0.1) is 11.5 Å². The van der Waals surface area contributed by atoms with Crippen LogP contribution in [0.1, 0.15) is 38.5 Å². The summed E-state index contributed by atoms with van der Waals surface area (Å²) in [6, 6.07) is -0.972. The Hall–Kier alpha value is -3.34. The number of isocyanates is 1. The van der Waals surface area contributed by atoms with Crippen molar-refractivity contribution in [3.05, 3.63) is 12.7 Å². The Kier molecular flexibility index (Phi) is 26.3. The van der Waals surface area contributed by atoms with Crippen molar-refractivity contribution in [3.63, 3.8) is 0 Å². The van der Waals surface area contributed by atoms with Gasteiger partial charge in [-0.25, -0.2) is 14.4 Å². The Morgan fingerprint density at radius 1 is 0.725 bits per heavy atom. The molecule has 14 heteroatoms. The molecule has 0 rings (SSSR count). The van der Waals surface area contributed by atoms with Crippen LogP contribution in [0.4, 0.5) is 0 Å². The van der Waals surface area contributed by atoms with Crippen LogP contribution < -0.4 is 0 Å². The molecule has 0 aromatic carbocycles. The van der Waals surface area contributed by atoms with Gasteiger partial charge >= 0.3 is 17.9 Å². The monoisotopic (exact) mass is 572 g/mol. The van der Waals surface area contributed by atoms with E-state index < -0.39 is 23.9 Å². The molecule has 14 nitrogen and oxygen atoms in total. The number of carbonyl (C=O) groups is 3. The Morgan fingerprint density at radius 2 is 1.32 bits per heavy atom. The number of esters is 3. The van der Waals surface area contributed by atoms with E-state index >= 15 is 0 Å². The third-order valence-corrected chi connectivity index (χ3v) is 4.74. The Bertz CT molecular complexity index is 780. The first-order valence-corrected chi connectivity index (χ1v) is 13.0. The van der Waals surface area contributed by atoms with Gasteiger partial charge in [0.1, 0.15) is 19.8 Å². The number of rotatable bonds is 28. The molecule has 0 N–H and O–H groups in total. The van der Waals surface area contributed by atoms with Crippen molar-refractivity contribution in [3.8, 4) is 6.26 Å². The van der Waals surface area contributed by atoms with Gasteiger partial charge in [-0.15, -0.1) is 0 Å². The quantitative estimate of drug-likeness (QED) is 0.0250. The first-order chi connectivity index (χ1) is 19.5. The fraction of sp³-hybridized carbons (Fsp3) is 0.731. The molecule has 0 aliphatic heterocycles. The lowest BCUT2D eigenvalue weighted by molar-refractivity contribution is -0.149. The molecular formula is C26H40N2O12. The zero-order valence-corrected chi connectivity index (χ0v) is 22.9. The standard InChI is InChI=1S/C26H40N2O12/c1-2-24(30)38-19-17-35-15-13-33-10-6-11-34-14-16-36-18-20-39-25(31)8-5-12-40-26(32)23(28-22-29)7-3-4-9-37-21-27/h2,23H,1,3-20H2. The molecule has 0 aromatic heterocycles. The Labute approximate surface area is 234 Å². The SMILES string of the molecule is C=CC(=O)OCCOCCOCCCOCCOCCOC(=O)CCCOC(=O)C(CCCCOC#N)N=C=O. The highest BCUT2D eigenvalue weighted by Gasteiger charge is 2.19. The second-order valence-electron chi connectivity index (χ2n) is 7.84. The second-order valence-corrected chi connectivity index (χ2v) is 7.84. The lowest BCUT2D eigenvalue weighted by Gasteiger charge is -2.10. The van der Waals surface area contributed by atoms with Crippen LogP contribution in [0.2, 0.25) is 0 Å². The minimum Gasteiger partial charge on any atom is -0.464 e. The minimum atomic E-state index is -0.972. The molecule has 0 saturated carbocycles. The smallest absolute Gasteiger partial charge is 0.331 e. The molecule has 1 atom stereocenters. The van der Waals surface area contributed by atoms with Gasteiger partial charge in [0.25, 0.3) is 6.26 Å². The molecule has 226 valence electrons. The molecule has 0 aliphatic rings. The maximum absolute atomic E-state index is 12.0. The van der Waals surface area contributed by atoms with E-state index in [-0.39, 0.29) is 52.3 Å². The molecular weight excluding hydrogens is 532 g/mol. The average Bonchev–Trinajstić information content (AvgIpc) is 2.95. The van der Waals surface area contributed by atoms with Crippen LogP contribution in [0.5, 0.6) is 0 Å². The molecule has 1 unspecified atom stereocenters. The second kappa shape index (κ2) is 28.7. The van der Waals surface area contributed by atoms with Crippen LogP contribution in [0.3, 0.4) is 0 Å². The fourth-order valence-electron chi connectivity index (χ4n) is 2.80. The summed E-state index contributed by atoms with van der Waals surface area (Å²) in [5, 5.41) is 8.30. The highest BCUT2D eigenvalue weighted by atomic mass is 16.6. The van der Waals surface area contributed by atoms with Crippen molar-refractivity contribution in [2.24, 2.45) is 4.99 Å². The van der Waals surface area contributed by atoms with Crippen molar-refractivity contribution in [2.75, 3.05) is 79.3 Å². The van der Waals surface area contributed by atoms with E-state index in [1.165, 1.54) is 6.08 Å². The zero-order chi connectivity index (χ0) is 29.5. The van der Waals surface area contributed by atoms with Crippen LogP contribution in [-0.4, -0.2) is 109 Å². The lowest BCUT2D eigenvalue weighted by Crippen LogP contribution is -2.22. The van der Waals surface area contributed by atoms with E-state index in [2.05, 4.69) is 16.3 Å². The summed E-state index contributed by atoms with van der Waals surface area (Å²) < 4.78 is 40.8. The predicted molar refractivity (Wildman–Crippen MR) is 138 cm³/mol. The molecule has 0 bridgehead atoms. The molecule has 0 amide bonds. The first kappa shape index (κ1) is 36.7. The molecule has 40 heavy (non-hydrogen) atoms. The van der Waals surface area contributed by atoms with E-state index in [1.54, 1.807) is 6.26 Å². The van der Waals surface area contributed by atoms with Crippen molar-refractivity contribution < 1.29 is 57.1 Å². The largest absolute Gasteiger partial charge is 0.464 e. The predicted octanol–water partition coefficient (Wildman–Crippen LogP) is 1.41. The van der Waals surface area contributed by atoms with Crippen molar-refractivity contribution in [2.45, 2.75) is 44.6 Å². The summed E-state index contributed by atoms with van der Waals surface area (Å²) in [6.07, 6.45) is 6.34. The fourth-order valence-corrected chi connectivity index (χ4v) is 2.80. The highest BCUT2D eigenvalue weighted by molar-refractivity contribution is 5.81. The number of aliphatic imine (C=N–C) groups is 1. The summed E-state index contributed by atoms with van der Waals surface area (Å²) in [7, 11) is 0. The molecule has 0 saturated heterocycles. The van der Waals surface area contributed by atoms with E-state index in [0.717, 1.165) is 6.08 Å². The van der Waals surface area contributed by atoms with Crippen LogP contribution in [0.15, 0.2) is 17.6 Å². The summed E-state index contributed by atoms with van der Waals surface area (Å²) >= 11 is 0. The van der Waals surface area contributed by atoms with Gasteiger partial charge in [-0.3, -0.25) is 4.79 Å². The van der Waals surface area contributed by atoms with Crippen LogP contribution in [-0.2, 0) is 57.1 Å². The molecule has 0 spiro atoms. The van der Waals surface area contributed by atoms with Gasteiger partial charge in [0, 0.05) is 25.7 Å². The maximum Gasteiger partial charge on any atom is 0.331 e. The normalized spacial score (nSPS) is 11.0. The molecule has 0 fully saturated rings. The van der Waals surface area contributed by atoms with Crippen molar-refractivity contribution in [1.29, 1.82) is 5.26 Å². The average molecular weight is 573 g/mol. The number of hydrogen-bond acceptors (Lipinski definition) is 14. The summed E-state index contributed by atoms with van der Waals surface area (Å²) in [5.41, 5.74) is 0. The topological polar surface area (TPSA) is 178 Å². The summed E-state index contributed by atoms with van der Waals surface area (Å²) in [5.74, 6) is -1.60. The van der Waals surface area contributed by atoms with Crippen LogP contribution in [0.25, 0.3) is 0 Å². The van der Waals surface area contributed by atoms with Gasteiger partial charge in [-0.2, -0.15) is 10.3 Å². The van der Waals surface area contributed by atoms with Gasteiger partial charge in [0.2, 0.25) is 6.08 Å². The highest BCUT2D eigenvalue weighted by Crippen LogP contribution is 2.08. The number of ether oxygens (including phenoxy) is 8. The van der Waals surface area contributed by atoms with Gasteiger partial charge < -0.3 is 37.9 Å². The van der Waals surface area contributed by atoms with E-state index in [0.29, 0.717) is 65.5 Å². The summed E-state index contributed by atoms with van der Waals surface area (Å²) in [4.78, 5) is 48.5. The van der Waals surface area contributed by atoms with E-state index in [4.69, 9.17) is 38.4 Å². The lowest BCUT2D eigenvalue weighted by atomic mass is 10.1. The van der Waals surface area contributed by atoms with Gasteiger partial charge in [0.15, 0.2) is 6.04 Å². The number of hydrogen-bond donors (Lipinski definition) is 0. The van der Waals surface area contributed by atoms with E-state index in [9.17, 15) is 19.2 Å². The number of nitriles is 1. The van der Waals surface area contributed by atoms with Gasteiger partial charge in [-0.1, -0.05) is 6.58 Å². The molecule has 0 radical (unpaired) electrons. The first-order valence-electron chi connectivity index (χ1n) is 13.0. The Balaban J connectivity index is 3.50. The van der Waals surface area contributed by atoms with Gasteiger partial charge in [0.05, 0.1) is 46.2 Å². The van der Waals surface area contributed by atoms with Crippen LogP contribution >= 0.6 is 0 Å². The van der Waals surface area contributed by atoms with Gasteiger partial charge in [-0.05, 0) is 32.1 Å². The third kappa shape index (κ3) is 25.0.